The van der Waals surface area contributed by atoms with Gasteiger partial charge in [0.05, 0.1) is 7.05 Å². The highest BCUT2D eigenvalue weighted by Gasteiger charge is 2.44. The van der Waals surface area contributed by atoms with Crippen molar-refractivity contribution >= 4 is 12.4 Å². The Morgan fingerprint density at radius 1 is 1.26 bits per heavy atom. The van der Waals surface area contributed by atoms with Crippen molar-refractivity contribution in [2.75, 3.05) is 7.05 Å². The predicted molar refractivity (Wildman–Crippen MR) is 89.7 cm³/mol. The van der Waals surface area contributed by atoms with Crippen molar-refractivity contribution in [3.63, 3.8) is 0 Å². The van der Waals surface area contributed by atoms with Gasteiger partial charge < -0.3 is 0 Å². The predicted octanol–water partition coefficient (Wildman–Crippen LogP) is 3.45. The maximum Gasteiger partial charge on any atom is 0.439 e. The molecule has 118 valence electrons. The van der Waals surface area contributed by atoms with Crippen molar-refractivity contribution in [2.24, 2.45) is 10.9 Å². The third-order valence-electron chi connectivity index (χ3n) is 4.12. The Kier molecular flexibility index (Phi) is 3.96. The minimum Gasteiger partial charge on any atom is -0.245 e. The highest BCUT2D eigenvalue weighted by Crippen LogP contribution is 2.33. The van der Waals surface area contributed by atoms with E-state index in [0.717, 1.165) is 17.8 Å². The van der Waals surface area contributed by atoms with Crippen LogP contribution in [0.1, 0.15) is 19.4 Å². The molecule has 5 heteroatoms. The first-order valence-corrected chi connectivity index (χ1v) is 7.74. The molecule has 0 fully saturated rings. The number of hydrogen-bond acceptors (Lipinski definition) is 3. The Bertz CT molecular complexity index is 760. The molecule has 1 aromatic heterocycles. The van der Waals surface area contributed by atoms with E-state index >= 15 is 0 Å². The number of allylic oxidation sites excluding steroid dienone is 2. The molecule has 2 heterocycles. The van der Waals surface area contributed by atoms with Gasteiger partial charge in [0.15, 0.2) is 0 Å². The molecule has 2 aromatic rings. The third kappa shape index (κ3) is 2.75. The van der Waals surface area contributed by atoms with E-state index in [1.807, 2.05) is 25.2 Å². The van der Waals surface area contributed by atoms with Gasteiger partial charge in [-0.15, -0.1) is 0 Å². The smallest absolute Gasteiger partial charge is 0.245 e. The summed E-state index contributed by atoms with van der Waals surface area (Å²) in [7, 11) is 1.89. The maximum atomic E-state index is 12.9. The summed E-state index contributed by atoms with van der Waals surface area (Å²) in [5.41, 5.74) is 3.20. The molecule has 0 saturated heterocycles. The fourth-order valence-electron chi connectivity index (χ4n) is 3.14. The average Bonchev–Trinajstić information content (AvgIpc) is 3.16. The Morgan fingerprint density at radius 2 is 2.00 bits per heavy atom. The number of benzene rings is 1. The number of aliphatic imine (C=N–C) groups is 1. The van der Waals surface area contributed by atoms with E-state index in [2.05, 4.69) is 36.0 Å². The maximum absolute atomic E-state index is 12.9. The van der Waals surface area contributed by atoms with Gasteiger partial charge in [0, 0.05) is 24.7 Å². The molecular formula is C18H21N4O+. The van der Waals surface area contributed by atoms with E-state index in [1.54, 1.807) is 18.7 Å². The lowest BCUT2D eigenvalue weighted by molar-refractivity contribution is -0.686. The van der Waals surface area contributed by atoms with Crippen LogP contribution in [0.25, 0.3) is 0 Å². The molecular weight excluding hydrogens is 288 g/mol. The van der Waals surface area contributed by atoms with Crippen LogP contribution < -0.4 is 0 Å². The fraction of sp³-hybridized carbons (Fsp3) is 0.278. The van der Waals surface area contributed by atoms with Crippen molar-refractivity contribution in [1.29, 1.82) is 0 Å². The van der Waals surface area contributed by atoms with Gasteiger partial charge in [0.25, 0.3) is 0 Å². The monoisotopic (exact) mass is 309 g/mol. The molecule has 1 aliphatic heterocycles. The van der Waals surface area contributed by atoms with Gasteiger partial charge in [-0.3, -0.25) is 0 Å². The lowest BCUT2D eigenvalue weighted by Gasteiger charge is -2.27. The van der Waals surface area contributed by atoms with E-state index in [4.69, 9.17) is 0 Å². The second kappa shape index (κ2) is 5.93. The zero-order valence-corrected chi connectivity index (χ0v) is 13.7. The standard InChI is InChI=1S/C18H21N4O/c1-14(2)17-16(11-15-7-5-4-6-8-15)20-13-22(17,3)18(23)21-10-9-19-12-21/h4-10,12-14H,11H2,1-3H3/q+1. The quantitative estimate of drug-likeness (QED) is 0.815. The van der Waals surface area contributed by atoms with Crippen LogP contribution in [0.5, 0.6) is 0 Å². The summed E-state index contributed by atoms with van der Waals surface area (Å²) in [4.78, 5) is 21.5. The number of amides is 1. The molecule has 23 heavy (non-hydrogen) atoms. The Morgan fingerprint density at radius 3 is 2.61 bits per heavy atom. The second-order valence-electron chi connectivity index (χ2n) is 6.22. The topological polar surface area (TPSA) is 47.2 Å². The number of rotatable bonds is 3. The van der Waals surface area contributed by atoms with Crippen molar-refractivity contribution in [2.45, 2.75) is 20.3 Å². The first-order chi connectivity index (χ1) is 11.0. The van der Waals surface area contributed by atoms with Gasteiger partial charge in [-0.1, -0.05) is 44.2 Å². The van der Waals surface area contributed by atoms with Crippen LogP contribution >= 0.6 is 0 Å². The molecule has 0 aliphatic carbocycles. The van der Waals surface area contributed by atoms with E-state index in [9.17, 15) is 4.79 Å². The van der Waals surface area contributed by atoms with Crippen LogP contribution in [0.4, 0.5) is 4.79 Å². The number of nitrogens with zero attached hydrogens (tertiary/aromatic N) is 4. The van der Waals surface area contributed by atoms with Gasteiger partial charge in [-0.2, -0.15) is 4.48 Å². The van der Waals surface area contributed by atoms with Gasteiger partial charge in [0.1, 0.15) is 17.7 Å². The van der Waals surface area contributed by atoms with Gasteiger partial charge in [-0.05, 0) is 5.56 Å². The molecule has 0 radical (unpaired) electrons. The number of aromatic nitrogens is 2. The minimum atomic E-state index is -0.0713. The number of quaternary nitrogens is 1. The van der Waals surface area contributed by atoms with E-state index in [0.29, 0.717) is 0 Å². The molecule has 1 atom stereocenters. The lowest BCUT2D eigenvalue weighted by Crippen LogP contribution is -2.49. The number of hydrogen-bond donors (Lipinski definition) is 0. The summed E-state index contributed by atoms with van der Waals surface area (Å²) < 4.78 is 1.58. The molecule has 5 nitrogen and oxygen atoms in total. The van der Waals surface area contributed by atoms with Crippen molar-refractivity contribution in [3.8, 4) is 0 Å². The van der Waals surface area contributed by atoms with Crippen LogP contribution in [0.3, 0.4) is 0 Å². The van der Waals surface area contributed by atoms with Crippen LogP contribution in [0.15, 0.2) is 65.4 Å². The van der Waals surface area contributed by atoms with Crippen molar-refractivity contribution < 1.29 is 9.28 Å². The van der Waals surface area contributed by atoms with Crippen LogP contribution in [-0.4, -0.2) is 33.5 Å². The SMILES string of the molecule is CC(C)C1=C(Cc2ccccc2)N=C[N+]1(C)C(=O)n1ccnc1. The van der Waals surface area contributed by atoms with Crippen molar-refractivity contribution in [1.82, 2.24) is 9.55 Å². The number of carbonyl (C=O) groups excluding carboxylic acids is 1. The molecule has 0 spiro atoms. The highest BCUT2D eigenvalue weighted by molar-refractivity contribution is 5.80. The Hall–Kier alpha value is -2.53. The highest BCUT2D eigenvalue weighted by atomic mass is 16.2. The number of carbonyl (C=O) groups is 1. The summed E-state index contributed by atoms with van der Waals surface area (Å²) >= 11 is 0. The van der Waals surface area contributed by atoms with Gasteiger partial charge in [0.2, 0.25) is 6.34 Å². The zero-order valence-electron chi connectivity index (χ0n) is 13.7. The lowest BCUT2D eigenvalue weighted by atomic mass is 10.0. The molecule has 1 unspecified atom stereocenters. The molecule has 1 aromatic carbocycles. The van der Waals surface area contributed by atoms with E-state index < -0.39 is 0 Å². The normalized spacial score (nSPS) is 20.5. The summed E-state index contributed by atoms with van der Waals surface area (Å²) in [6, 6.07) is 10.1. The van der Waals surface area contributed by atoms with Crippen LogP contribution in [0.2, 0.25) is 0 Å². The molecule has 3 rings (SSSR count). The molecule has 1 amide bonds. The van der Waals surface area contributed by atoms with Crippen LogP contribution in [-0.2, 0) is 6.42 Å². The third-order valence-corrected chi connectivity index (χ3v) is 4.12. The number of imidazole rings is 1. The van der Waals surface area contributed by atoms with Crippen molar-refractivity contribution in [3.05, 3.63) is 66.0 Å². The largest absolute Gasteiger partial charge is 0.439 e. The van der Waals surface area contributed by atoms with E-state index in [-0.39, 0.29) is 16.4 Å². The first-order valence-electron chi connectivity index (χ1n) is 7.74. The Labute approximate surface area is 136 Å². The molecule has 1 aliphatic rings. The zero-order chi connectivity index (χ0) is 16.4. The minimum absolute atomic E-state index is 0.0657. The Balaban J connectivity index is 1.99. The summed E-state index contributed by atoms with van der Waals surface area (Å²) in [6.45, 7) is 4.21. The molecule has 0 N–H and O–H groups in total. The molecule has 0 bridgehead atoms. The van der Waals surface area contributed by atoms with E-state index in [1.165, 1.54) is 16.5 Å². The van der Waals surface area contributed by atoms with Gasteiger partial charge >= 0.3 is 6.03 Å². The first kappa shape index (κ1) is 15.4. The summed E-state index contributed by atoms with van der Waals surface area (Å²) in [5, 5.41) is 0. The fourth-order valence-corrected chi connectivity index (χ4v) is 3.14. The summed E-state index contributed by atoms with van der Waals surface area (Å²) in [5.74, 6) is 0.216. The summed E-state index contributed by atoms with van der Waals surface area (Å²) in [6.07, 6.45) is 7.28. The second-order valence-corrected chi connectivity index (χ2v) is 6.22. The molecule has 0 saturated carbocycles. The average molecular weight is 309 g/mol. The van der Waals surface area contributed by atoms with Gasteiger partial charge in [-0.25, -0.2) is 19.3 Å². The van der Waals surface area contributed by atoms with Crippen LogP contribution in [0, 0.1) is 5.92 Å².